The molecule has 2 amide bonds. The maximum atomic E-state index is 12.0. The third kappa shape index (κ3) is 2.58. The Morgan fingerprint density at radius 1 is 1.24 bits per heavy atom. The summed E-state index contributed by atoms with van der Waals surface area (Å²) in [6.45, 7) is 3.61. The van der Waals surface area contributed by atoms with Gasteiger partial charge in [0.25, 0.3) is 5.69 Å². The highest BCUT2D eigenvalue weighted by Gasteiger charge is 2.42. The van der Waals surface area contributed by atoms with Crippen molar-refractivity contribution >= 4 is 23.2 Å². The summed E-state index contributed by atoms with van der Waals surface area (Å²) in [5.74, 6) is -1.03. The van der Waals surface area contributed by atoms with Gasteiger partial charge in [0.2, 0.25) is 11.8 Å². The highest BCUT2D eigenvalue weighted by atomic mass is 16.6. The molecule has 1 aliphatic heterocycles. The Bertz CT molecular complexity index is 594. The van der Waals surface area contributed by atoms with Crippen LogP contribution >= 0.6 is 0 Å². The van der Waals surface area contributed by atoms with E-state index in [0.717, 1.165) is 0 Å². The van der Waals surface area contributed by atoms with Gasteiger partial charge >= 0.3 is 0 Å². The van der Waals surface area contributed by atoms with E-state index in [0.29, 0.717) is 11.3 Å². The first-order chi connectivity index (χ1) is 9.86. The van der Waals surface area contributed by atoms with Crippen LogP contribution in [-0.2, 0) is 16.1 Å². The third-order valence-corrected chi connectivity index (χ3v) is 3.93. The smallest absolute Gasteiger partial charge is 0.292 e. The topological polar surface area (TPSA) is 92.6 Å². The summed E-state index contributed by atoms with van der Waals surface area (Å²) in [4.78, 5) is 35.7. The number of nitrogens with zero attached hydrogens (tertiary/aromatic N) is 2. The lowest BCUT2D eigenvalue weighted by atomic mass is 10.00. The summed E-state index contributed by atoms with van der Waals surface area (Å²) in [6, 6.07) is 4.53. The van der Waals surface area contributed by atoms with Crippen LogP contribution < -0.4 is 5.32 Å². The predicted octanol–water partition coefficient (Wildman–Crippen LogP) is 1.78. The zero-order valence-corrected chi connectivity index (χ0v) is 12.1. The van der Waals surface area contributed by atoms with E-state index >= 15 is 0 Å². The fourth-order valence-electron chi connectivity index (χ4n) is 2.41. The van der Waals surface area contributed by atoms with Crippen molar-refractivity contribution < 1.29 is 14.5 Å². The highest BCUT2D eigenvalue weighted by Crippen LogP contribution is 2.29. The summed E-state index contributed by atoms with van der Waals surface area (Å²) in [7, 11) is 1.59. The standard InChI is InChI=1S/C14H17N3O4/c1-8-9(2)14(19)16(13(8)18)7-10-4-5-12(17(20)21)11(6-10)15-3/h4-6,8-9,15H,7H2,1-3H3. The number of nitro benzene ring substituents is 1. The molecule has 2 unspecified atom stereocenters. The normalized spacial score (nSPS) is 21.8. The molecule has 7 heteroatoms. The maximum absolute atomic E-state index is 12.0. The van der Waals surface area contributed by atoms with Crippen LogP contribution in [0.5, 0.6) is 0 Å². The first-order valence-corrected chi connectivity index (χ1v) is 6.67. The Balaban J connectivity index is 2.27. The van der Waals surface area contributed by atoms with Crippen molar-refractivity contribution in [2.24, 2.45) is 11.8 Å². The van der Waals surface area contributed by atoms with Gasteiger partial charge in [-0.05, 0) is 11.6 Å². The van der Waals surface area contributed by atoms with Crippen molar-refractivity contribution in [3.05, 3.63) is 33.9 Å². The average molecular weight is 291 g/mol. The number of imide groups is 1. The zero-order valence-electron chi connectivity index (χ0n) is 12.1. The predicted molar refractivity (Wildman–Crippen MR) is 76.5 cm³/mol. The number of nitro groups is 1. The summed E-state index contributed by atoms with van der Waals surface area (Å²) < 4.78 is 0. The largest absolute Gasteiger partial charge is 0.383 e. The number of amides is 2. The van der Waals surface area contributed by atoms with Gasteiger partial charge in [-0.3, -0.25) is 24.6 Å². The van der Waals surface area contributed by atoms with E-state index in [-0.39, 0.29) is 35.9 Å². The highest BCUT2D eigenvalue weighted by molar-refractivity contribution is 6.04. The lowest BCUT2D eigenvalue weighted by Gasteiger charge is -2.15. The Morgan fingerprint density at radius 3 is 2.29 bits per heavy atom. The molecule has 1 aromatic rings. The number of carbonyl (C=O) groups is 2. The Labute approximate surface area is 122 Å². The van der Waals surface area contributed by atoms with Crippen molar-refractivity contribution in [1.29, 1.82) is 0 Å². The molecular weight excluding hydrogens is 274 g/mol. The van der Waals surface area contributed by atoms with Gasteiger partial charge in [0.15, 0.2) is 0 Å². The van der Waals surface area contributed by atoms with Crippen LogP contribution in [0.3, 0.4) is 0 Å². The zero-order chi connectivity index (χ0) is 15.7. The molecule has 112 valence electrons. The summed E-state index contributed by atoms with van der Waals surface area (Å²) in [5.41, 5.74) is 0.993. The third-order valence-electron chi connectivity index (χ3n) is 3.93. The molecule has 2 rings (SSSR count). The van der Waals surface area contributed by atoms with Gasteiger partial charge in [0, 0.05) is 24.9 Å². The average Bonchev–Trinajstić information content (AvgIpc) is 2.64. The van der Waals surface area contributed by atoms with Gasteiger partial charge in [0.05, 0.1) is 11.5 Å². The van der Waals surface area contributed by atoms with Gasteiger partial charge in [-0.15, -0.1) is 0 Å². The molecule has 1 N–H and O–H groups in total. The summed E-state index contributed by atoms with van der Waals surface area (Å²) >= 11 is 0. The van der Waals surface area contributed by atoms with Crippen molar-refractivity contribution in [3.63, 3.8) is 0 Å². The summed E-state index contributed by atoms with van der Waals surface area (Å²) in [6.07, 6.45) is 0. The number of rotatable bonds is 4. The molecule has 21 heavy (non-hydrogen) atoms. The van der Waals surface area contributed by atoms with Gasteiger partial charge < -0.3 is 5.32 Å². The van der Waals surface area contributed by atoms with Crippen molar-refractivity contribution in [2.75, 3.05) is 12.4 Å². The molecule has 0 aliphatic carbocycles. The maximum Gasteiger partial charge on any atom is 0.292 e. The molecule has 0 spiro atoms. The van der Waals surface area contributed by atoms with E-state index in [1.54, 1.807) is 33.0 Å². The van der Waals surface area contributed by atoms with E-state index in [1.165, 1.54) is 11.0 Å². The Kier molecular flexibility index (Phi) is 3.93. The van der Waals surface area contributed by atoms with Gasteiger partial charge in [-0.2, -0.15) is 0 Å². The lowest BCUT2D eigenvalue weighted by molar-refractivity contribution is -0.384. The van der Waals surface area contributed by atoms with E-state index in [2.05, 4.69) is 5.32 Å². The fraction of sp³-hybridized carbons (Fsp3) is 0.429. The molecule has 1 aromatic carbocycles. The molecule has 0 saturated carbocycles. The first-order valence-electron chi connectivity index (χ1n) is 6.67. The van der Waals surface area contributed by atoms with Crippen molar-refractivity contribution in [3.8, 4) is 0 Å². The van der Waals surface area contributed by atoms with Gasteiger partial charge in [-0.25, -0.2) is 0 Å². The van der Waals surface area contributed by atoms with Crippen LogP contribution in [0.1, 0.15) is 19.4 Å². The number of nitrogens with one attached hydrogen (secondary N) is 1. The first kappa shape index (κ1) is 15.0. The number of hydrogen-bond acceptors (Lipinski definition) is 5. The molecule has 1 fully saturated rings. The van der Waals surface area contributed by atoms with Crippen molar-refractivity contribution in [2.45, 2.75) is 20.4 Å². The lowest BCUT2D eigenvalue weighted by Crippen LogP contribution is -2.30. The minimum absolute atomic E-state index is 0.0398. The van der Waals surface area contributed by atoms with Gasteiger partial charge in [0.1, 0.15) is 5.69 Å². The molecular formula is C14H17N3O4. The molecule has 0 bridgehead atoms. The molecule has 0 radical (unpaired) electrons. The molecule has 1 saturated heterocycles. The van der Waals surface area contributed by atoms with Crippen LogP contribution in [0.25, 0.3) is 0 Å². The Hall–Kier alpha value is -2.44. The minimum atomic E-state index is -0.480. The van der Waals surface area contributed by atoms with Crippen LogP contribution in [0, 0.1) is 22.0 Å². The number of benzene rings is 1. The number of likely N-dealkylation sites (tertiary alicyclic amines) is 1. The number of carbonyl (C=O) groups excluding carboxylic acids is 2. The number of anilines is 1. The van der Waals surface area contributed by atoms with Crippen molar-refractivity contribution in [1.82, 2.24) is 4.90 Å². The fourth-order valence-corrected chi connectivity index (χ4v) is 2.41. The van der Waals surface area contributed by atoms with Crippen LogP contribution in [0.2, 0.25) is 0 Å². The van der Waals surface area contributed by atoms with E-state index in [4.69, 9.17) is 0 Å². The molecule has 2 atom stereocenters. The van der Waals surface area contributed by atoms with E-state index in [9.17, 15) is 19.7 Å². The molecule has 1 heterocycles. The SMILES string of the molecule is CNc1cc(CN2C(=O)C(C)C(C)C2=O)ccc1[N+](=O)[O-]. The monoisotopic (exact) mass is 291 g/mol. The van der Waals surface area contributed by atoms with Crippen LogP contribution in [0.4, 0.5) is 11.4 Å². The number of hydrogen-bond donors (Lipinski definition) is 1. The van der Waals surface area contributed by atoms with E-state index < -0.39 is 4.92 Å². The van der Waals surface area contributed by atoms with Crippen LogP contribution in [-0.4, -0.2) is 28.7 Å². The minimum Gasteiger partial charge on any atom is -0.383 e. The Morgan fingerprint density at radius 2 is 1.81 bits per heavy atom. The van der Waals surface area contributed by atoms with E-state index in [1.807, 2.05) is 0 Å². The van der Waals surface area contributed by atoms with Crippen LogP contribution in [0.15, 0.2) is 18.2 Å². The molecule has 7 nitrogen and oxygen atoms in total. The molecule has 0 aromatic heterocycles. The van der Waals surface area contributed by atoms with Gasteiger partial charge in [-0.1, -0.05) is 19.9 Å². The second-order valence-electron chi connectivity index (χ2n) is 5.20. The second-order valence-corrected chi connectivity index (χ2v) is 5.20. The molecule has 1 aliphatic rings. The second kappa shape index (κ2) is 5.51. The quantitative estimate of drug-likeness (QED) is 0.518. The summed E-state index contributed by atoms with van der Waals surface area (Å²) in [5, 5.41) is 13.6.